The molecule has 1 rings (SSSR count). The summed E-state index contributed by atoms with van der Waals surface area (Å²) >= 11 is 5.69. The summed E-state index contributed by atoms with van der Waals surface area (Å²) in [7, 11) is 0. The van der Waals surface area contributed by atoms with Gasteiger partial charge in [-0.1, -0.05) is 11.6 Å². The number of carbonyl (C=O) groups is 1. The van der Waals surface area contributed by atoms with Crippen molar-refractivity contribution in [2.24, 2.45) is 5.73 Å². The van der Waals surface area contributed by atoms with Gasteiger partial charge in [-0.3, -0.25) is 9.48 Å². The molecule has 1 atom stereocenters. The van der Waals surface area contributed by atoms with Crippen LogP contribution in [0.3, 0.4) is 0 Å². The molecule has 1 aromatic rings. The number of rotatable bonds is 3. The van der Waals surface area contributed by atoms with Crippen molar-refractivity contribution in [3.63, 3.8) is 0 Å². The van der Waals surface area contributed by atoms with Crippen molar-refractivity contribution in [2.45, 2.75) is 39.0 Å². The van der Waals surface area contributed by atoms with Crippen molar-refractivity contribution in [3.8, 4) is 0 Å². The van der Waals surface area contributed by atoms with Gasteiger partial charge in [0.25, 0.3) is 0 Å². The lowest BCUT2D eigenvalue weighted by atomic mass is 10.2. The third kappa shape index (κ3) is 4.20. The number of halogens is 1. The van der Waals surface area contributed by atoms with Crippen molar-refractivity contribution in [3.05, 3.63) is 17.4 Å². The molecule has 0 aromatic carbocycles. The monoisotopic (exact) mass is 245 g/mol. The largest absolute Gasteiger partial charge is 0.459 e. The molecule has 0 spiro atoms. The van der Waals surface area contributed by atoms with Gasteiger partial charge >= 0.3 is 5.97 Å². The van der Waals surface area contributed by atoms with Crippen LogP contribution in [-0.4, -0.2) is 27.4 Å². The van der Waals surface area contributed by atoms with Crippen LogP contribution in [0.4, 0.5) is 0 Å². The van der Waals surface area contributed by atoms with Crippen LogP contribution in [0, 0.1) is 0 Å². The maximum absolute atomic E-state index is 11.5. The van der Waals surface area contributed by atoms with E-state index in [0.29, 0.717) is 5.02 Å². The molecule has 1 unspecified atom stereocenters. The van der Waals surface area contributed by atoms with Gasteiger partial charge in [0.15, 0.2) is 0 Å². The van der Waals surface area contributed by atoms with Crippen LogP contribution in [0.25, 0.3) is 0 Å². The van der Waals surface area contributed by atoms with E-state index in [0.717, 1.165) is 0 Å². The Hall–Kier alpha value is -1.07. The third-order valence-corrected chi connectivity index (χ3v) is 1.89. The number of hydrogen-bond donors (Lipinski definition) is 1. The van der Waals surface area contributed by atoms with Crippen LogP contribution in [0.15, 0.2) is 12.4 Å². The van der Waals surface area contributed by atoms with Gasteiger partial charge in [-0.15, -0.1) is 0 Å². The second-order valence-electron chi connectivity index (χ2n) is 4.52. The minimum Gasteiger partial charge on any atom is -0.459 e. The summed E-state index contributed by atoms with van der Waals surface area (Å²) in [5, 5.41) is 4.44. The van der Waals surface area contributed by atoms with E-state index in [1.54, 1.807) is 27.0 Å². The summed E-state index contributed by atoms with van der Waals surface area (Å²) in [5.74, 6) is -0.445. The Morgan fingerprint density at radius 1 is 1.69 bits per heavy atom. The van der Waals surface area contributed by atoms with Crippen LogP contribution >= 0.6 is 11.6 Å². The van der Waals surface area contributed by atoms with Gasteiger partial charge in [0.1, 0.15) is 11.6 Å². The summed E-state index contributed by atoms with van der Waals surface area (Å²) in [5.41, 5.74) is 5.16. The Morgan fingerprint density at radius 3 is 2.75 bits per heavy atom. The van der Waals surface area contributed by atoms with E-state index in [2.05, 4.69) is 5.10 Å². The third-order valence-electron chi connectivity index (χ3n) is 1.70. The second-order valence-corrected chi connectivity index (χ2v) is 4.96. The molecule has 0 amide bonds. The van der Waals surface area contributed by atoms with Crippen LogP contribution in [0.5, 0.6) is 0 Å². The number of nitrogens with zero attached hydrogens (tertiary/aromatic N) is 2. The first kappa shape index (κ1) is 13.0. The molecule has 0 fully saturated rings. The zero-order valence-corrected chi connectivity index (χ0v) is 10.4. The lowest BCUT2D eigenvalue weighted by molar-refractivity contribution is -0.156. The van der Waals surface area contributed by atoms with Crippen molar-refractivity contribution in [1.82, 2.24) is 9.78 Å². The summed E-state index contributed by atoms with van der Waals surface area (Å²) in [6.45, 7) is 5.63. The fourth-order valence-corrected chi connectivity index (χ4v) is 1.25. The van der Waals surface area contributed by atoms with Crippen molar-refractivity contribution >= 4 is 17.6 Å². The average molecular weight is 246 g/mol. The van der Waals surface area contributed by atoms with Gasteiger partial charge in [-0.25, -0.2) is 0 Å². The second kappa shape index (κ2) is 4.84. The fraction of sp³-hybridized carbons (Fsp3) is 0.600. The van der Waals surface area contributed by atoms with Gasteiger partial charge in [0, 0.05) is 6.20 Å². The summed E-state index contributed by atoms with van der Waals surface area (Å²) in [6.07, 6.45) is 3.09. The standard InChI is InChI=1S/C10H16ClN3O2/c1-10(2,3)16-9(15)8(12)6-14-5-7(11)4-13-14/h4-5,8H,6,12H2,1-3H3. The number of esters is 1. The van der Waals surface area contributed by atoms with Gasteiger partial charge in [-0.2, -0.15) is 5.10 Å². The number of aromatic nitrogens is 2. The molecule has 1 heterocycles. The highest BCUT2D eigenvalue weighted by atomic mass is 35.5. The van der Waals surface area contributed by atoms with Crippen molar-refractivity contribution in [2.75, 3.05) is 0 Å². The van der Waals surface area contributed by atoms with E-state index in [4.69, 9.17) is 22.1 Å². The zero-order valence-electron chi connectivity index (χ0n) is 9.61. The highest BCUT2D eigenvalue weighted by Crippen LogP contribution is 2.09. The molecule has 0 aliphatic heterocycles. The minimum absolute atomic E-state index is 0.252. The molecule has 0 saturated heterocycles. The highest BCUT2D eigenvalue weighted by molar-refractivity contribution is 6.30. The summed E-state index contributed by atoms with van der Waals surface area (Å²) in [6, 6.07) is -0.741. The van der Waals surface area contributed by atoms with Crippen LogP contribution in [0.1, 0.15) is 20.8 Å². The number of hydrogen-bond acceptors (Lipinski definition) is 4. The van der Waals surface area contributed by atoms with Crippen molar-refractivity contribution < 1.29 is 9.53 Å². The molecule has 2 N–H and O–H groups in total. The molecule has 0 bridgehead atoms. The number of ether oxygens (including phenoxy) is 1. The molecule has 0 radical (unpaired) electrons. The van der Waals surface area contributed by atoms with Gasteiger partial charge in [-0.05, 0) is 20.8 Å². The quantitative estimate of drug-likeness (QED) is 0.813. The van der Waals surface area contributed by atoms with E-state index in [-0.39, 0.29) is 6.54 Å². The molecule has 90 valence electrons. The lowest BCUT2D eigenvalue weighted by Gasteiger charge is -2.22. The van der Waals surface area contributed by atoms with Crippen LogP contribution < -0.4 is 5.73 Å². The average Bonchev–Trinajstić information content (AvgIpc) is 2.48. The van der Waals surface area contributed by atoms with Crippen molar-refractivity contribution in [1.29, 1.82) is 0 Å². The van der Waals surface area contributed by atoms with E-state index in [9.17, 15) is 4.79 Å². The Kier molecular flexibility index (Phi) is 3.93. The topological polar surface area (TPSA) is 70.1 Å². The zero-order chi connectivity index (χ0) is 12.3. The maximum Gasteiger partial charge on any atom is 0.325 e. The first-order valence-corrected chi connectivity index (χ1v) is 5.32. The van der Waals surface area contributed by atoms with Crippen LogP contribution in [0.2, 0.25) is 5.02 Å². The Morgan fingerprint density at radius 2 is 2.31 bits per heavy atom. The maximum atomic E-state index is 11.5. The normalized spacial score (nSPS) is 13.6. The first-order valence-electron chi connectivity index (χ1n) is 4.94. The molecule has 1 aromatic heterocycles. The molecule has 0 aliphatic rings. The molecular weight excluding hydrogens is 230 g/mol. The molecule has 0 saturated carbocycles. The highest BCUT2D eigenvalue weighted by Gasteiger charge is 2.22. The Bertz CT molecular complexity index is 370. The first-order chi connectivity index (χ1) is 7.28. The molecular formula is C10H16ClN3O2. The Balaban J connectivity index is 2.52. The number of carbonyl (C=O) groups excluding carboxylic acids is 1. The molecule has 6 heteroatoms. The van der Waals surface area contributed by atoms with Gasteiger partial charge in [0.05, 0.1) is 17.8 Å². The molecule has 16 heavy (non-hydrogen) atoms. The predicted molar refractivity (Wildman–Crippen MR) is 61.1 cm³/mol. The fourth-order valence-electron chi connectivity index (χ4n) is 1.09. The smallest absolute Gasteiger partial charge is 0.325 e. The summed E-state index contributed by atoms with van der Waals surface area (Å²) in [4.78, 5) is 11.5. The summed E-state index contributed by atoms with van der Waals surface area (Å²) < 4.78 is 6.65. The van der Waals surface area contributed by atoms with E-state index in [1.807, 2.05) is 0 Å². The Labute approximate surface area is 99.5 Å². The minimum atomic E-state index is -0.741. The van der Waals surface area contributed by atoms with Crippen LogP contribution in [-0.2, 0) is 16.1 Å². The van der Waals surface area contributed by atoms with E-state index < -0.39 is 17.6 Å². The molecule has 5 nitrogen and oxygen atoms in total. The number of nitrogens with two attached hydrogens (primary N) is 1. The van der Waals surface area contributed by atoms with Gasteiger partial charge in [0.2, 0.25) is 0 Å². The SMILES string of the molecule is CC(C)(C)OC(=O)C(N)Cn1cc(Cl)cn1. The lowest BCUT2D eigenvalue weighted by Crippen LogP contribution is -2.40. The van der Waals surface area contributed by atoms with E-state index >= 15 is 0 Å². The van der Waals surface area contributed by atoms with E-state index in [1.165, 1.54) is 10.9 Å². The molecule has 0 aliphatic carbocycles. The predicted octanol–water partition coefficient (Wildman–Crippen LogP) is 1.21. The van der Waals surface area contributed by atoms with Gasteiger partial charge < -0.3 is 10.5 Å².